The summed E-state index contributed by atoms with van der Waals surface area (Å²) in [6.07, 6.45) is 1.79. The second kappa shape index (κ2) is 6.63. The first-order chi connectivity index (χ1) is 14.1. The maximum atomic E-state index is 12.1. The van der Waals surface area contributed by atoms with Crippen LogP contribution >= 0.6 is 0 Å². The van der Waals surface area contributed by atoms with Gasteiger partial charge in [-0.1, -0.05) is 30.3 Å². The normalized spacial score (nSPS) is 13.0. The van der Waals surface area contributed by atoms with E-state index < -0.39 is 0 Å². The quantitative estimate of drug-likeness (QED) is 0.586. The van der Waals surface area contributed by atoms with Crippen molar-refractivity contribution in [2.24, 2.45) is 0 Å². The monoisotopic (exact) mass is 382 g/mol. The van der Waals surface area contributed by atoms with Crippen LogP contribution in [0.3, 0.4) is 0 Å². The number of carbonyl (C=O) groups is 1. The fraction of sp³-hybridized carbons (Fsp3) is 0.136. The number of rotatable bonds is 3. The highest BCUT2D eigenvalue weighted by atomic mass is 16.2. The van der Waals surface area contributed by atoms with Gasteiger partial charge in [0.25, 0.3) is 5.91 Å². The Morgan fingerprint density at radius 2 is 1.72 bits per heavy atom. The summed E-state index contributed by atoms with van der Waals surface area (Å²) in [6.45, 7) is 2.59. The summed E-state index contributed by atoms with van der Waals surface area (Å²) in [5, 5.41) is 14.4. The zero-order valence-corrected chi connectivity index (χ0v) is 16.0. The molecule has 1 aliphatic heterocycles. The van der Waals surface area contributed by atoms with E-state index in [1.165, 1.54) is 0 Å². The second-order valence-corrected chi connectivity index (χ2v) is 7.16. The predicted molar refractivity (Wildman–Crippen MR) is 109 cm³/mol. The molecule has 0 saturated heterocycles. The van der Waals surface area contributed by atoms with Crippen LogP contribution in [0, 0.1) is 6.92 Å². The molecule has 1 N–H and O–H groups in total. The smallest absolute Gasteiger partial charge is 0.254 e. The molecule has 5 rings (SSSR count). The van der Waals surface area contributed by atoms with Gasteiger partial charge < -0.3 is 4.90 Å². The molecule has 1 amide bonds. The Morgan fingerprint density at radius 3 is 2.48 bits per heavy atom. The molecule has 29 heavy (non-hydrogen) atoms. The molecule has 0 radical (unpaired) electrons. The van der Waals surface area contributed by atoms with Gasteiger partial charge in [-0.3, -0.25) is 9.78 Å². The van der Waals surface area contributed by atoms with Gasteiger partial charge in [0.05, 0.1) is 5.56 Å². The van der Waals surface area contributed by atoms with Crippen molar-refractivity contribution in [2.75, 3.05) is 7.05 Å². The molecule has 4 aromatic rings. The summed E-state index contributed by atoms with van der Waals surface area (Å²) in [6, 6.07) is 16.3. The third kappa shape index (κ3) is 2.87. The molecule has 2 aromatic carbocycles. The summed E-state index contributed by atoms with van der Waals surface area (Å²) >= 11 is 0. The molecular weight excluding hydrogens is 364 g/mol. The van der Waals surface area contributed by atoms with Gasteiger partial charge in [-0.25, -0.2) is 0 Å². The van der Waals surface area contributed by atoms with Crippen molar-refractivity contribution in [3.8, 4) is 33.6 Å². The van der Waals surface area contributed by atoms with Crippen LogP contribution in [0.1, 0.15) is 21.6 Å². The van der Waals surface area contributed by atoms with Gasteiger partial charge in [0.1, 0.15) is 0 Å². The van der Waals surface area contributed by atoms with E-state index in [9.17, 15) is 4.79 Å². The van der Waals surface area contributed by atoms with Crippen LogP contribution in [0.25, 0.3) is 33.6 Å². The molecule has 142 valence electrons. The number of nitrogens with zero attached hydrogens (tertiary/aromatic N) is 5. The molecule has 7 heteroatoms. The number of pyridine rings is 1. The summed E-state index contributed by atoms with van der Waals surface area (Å²) in [7, 11) is 1.83. The van der Waals surface area contributed by atoms with Crippen LogP contribution in [0.5, 0.6) is 0 Å². The van der Waals surface area contributed by atoms with Crippen molar-refractivity contribution in [2.45, 2.75) is 13.5 Å². The first-order valence-corrected chi connectivity index (χ1v) is 9.30. The topological polar surface area (TPSA) is 87.7 Å². The van der Waals surface area contributed by atoms with Gasteiger partial charge in [0, 0.05) is 31.0 Å². The maximum Gasteiger partial charge on any atom is 0.254 e. The highest BCUT2D eigenvalue weighted by Crippen LogP contribution is 2.33. The molecule has 1 aliphatic rings. The van der Waals surface area contributed by atoms with Crippen LogP contribution in [0.2, 0.25) is 0 Å². The number of tetrazole rings is 1. The lowest BCUT2D eigenvalue weighted by Crippen LogP contribution is -2.17. The zero-order valence-electron chi connectivity index (χ0n) is 16.0. The minimum atomic E-state index is 0.0870. The standard InChI is InChI=1S/C22H18N6O/c1-13-20(21-24-26-27-25-21)18(9-10-23-13)15-5-3-14(4-6-15)16-7-8-19-17(11-16)12-28(2)22(19)29/h3-11H,12H2,1-2H3,(H,24,25,26,27). The molecule has 0 bridgehead atoms. The van der Waals surface area contributed by atoms with Crippen LogP contribution in [-0.2, 0) is 6.54 Å². The molecule has 0 unspecified atom stereocenters. The van der Waals surface area contributed by atoms with E-state index in [4.69, 9.17) is 0 Å². The molecule has 0 aliphatic carbocycles. The van der Waals surface area contributed by atoms with Crippen LogP contribution in [0.15, 0.2) is 54.7 Å². The summed E-state index contributed by atoms with van der Waals surface area (Å²) < 4.78 is 0. The van der Waals surface area contributed by atoms with Crippen molar-refractivity contribution in [1.82, 2.24) is 30.5 Å². The highest BCUT2D eigenvalue weighted by molar-refractivity contribution is 5.98. The zero-order chi connectivity index (χ0) is 20.0. The number of aryl methyl sites for hydroxylation is 1. The number of hydrogen-bond donors (Lipinski definition) is 1. The van der Waals surface area contributed by atoms with Crippen molar-refractivity contribution >= 4 is 5.91 Å². The van der Waals surface area contributed by atoms with E-state index in [1.54, 1.807) is 11.1 Å². The van der Waals surface area contributed by atoms with E-state index >= 15 is 0 Å². The Hall–Kier alpha value is -3.87. The average molecular weight is 382 g/mol. The lowest BCUT2D eigenvalue weighted by Gasteiger charge is -2.10. The van der Waals surface area contributed by atoms with Gasteiger partial charge in [-0.05, 0) is 58.2 Å². The lowest BCUT2D eigenvalue weighted by molar-refractivity contribution is 0.0816. The van der Waals surface area contributed by atoms with E-state index in [0.29, 0.717) is 12.4 Å². The van der Waals surface area contributed by atoms with Gasteiger partial charge in [-0.2, -0.15) is 5.21 Å². The largest absolute Gasteiger partial charge is 0.337 e. The average Bonchev–Trinajstić information content (AvgIpc) is 3.36. The van der Waals surface area contributed by atoms with E-state index in [2.05, 4.69) is 55.9 Å². The molecule has 0 atom stereocenters. The number of carbonyl (C=O) groups excluding carboxylic acids is 1. The number of amides is 1. The third-order valence-electron chi connectivity index (χ3n) is 5.33. The predicted octanol–water partition coefficient (Wildman–Crippen LogP) is 3.49. The molecule has 0 spiro atoms. The number of H-pyrrole nitrogens is 1. The number of nitrogens with one attached hydrogen (secondary N) is 1. The Morgan fingerprint density at radius 1 is 0.966 bits per heavy atom. The first kappa shape index (κ1) is 17.2. The highest BCUT2D eigenvalue weighted by Gasteiger charge is 2.24. The Bertz CT molecular complexity index is 1210. The summed E-state index contributed by atoms with van der Waals surface area (Å²) in [5.41, 5.74) is 7.84. The van der Waals surface area contributed by atoms with Gasteiger partial charge in [-0.15, -0.1) is 10.2 Å². The summed E-state index contributed by atoms with van der Waals surface area (Å²) in [4.78, 5) is 18.2. The van der Waals surface area contributed by atoms with Crippen molar-refractivity contribution < 1.29 is 4.79 Å². The van der Waals surface area contributed by atoms with Crippen LogP contribution in [0.4, 0.5) is 0 Å². The van der Waals surface area contributed by atoms with Crippen molar-refractivity contribution in [1.29, 1.82) is 0 Å². The number of benzene rings is 2. The first-order valence-electron chi connectivity index (χ1n) is 9.30. The van der Waals surface area contributed by atoms with Crippen molar-refractivity contribution in [3.63, 3.8) is 0 Å². The van der Waals surface area contributed by atoms with Gasteiger partial charge >= 0.3 is 0 Å². The third-order valence-corrected chi connectivity index (χ3v) is 5.33. The Labute approximate surface area is 167 Å². The van der Waals surface area contributed by atoms with E-state index in [-0.39, 0.29) is 5.91 Å². The van der Waals surface area contributed by atoms with Crippen molar-refractivity contribution in [3.05, 3.63) is 71.5 Å². The molecule has 2 aromatic heterocycles. The number of fused-ring (bicyclic) bond motifs is 1. The molecule has 0 saturated carbocycles. The fourth-order valence-electron chi connectivity index (χ4n) is 3.84. The maximum absolute atomic E-state index is 12.1. The Balaban J connectivity index is 1.52. The Kier molecular flexibility index (Phi) is 3.94. The number of aromatic nitrogens is 5. The fourth-order valence-corrected chi connectivity index (χ4v) is 3.84. The van der Waals surface area contributed by atoms with Gasteiger partial charge in [0.2, 0.25) is 5.82 Å². The minimum Gasteiger partial charge on any atom is -0.337 e. The van der Waals surface area contributed by atoms with E-state index in [1.807, 2.05) is 32.2 Å². The second-order valence-electron chi connectivity index (χ2n) is 7.16. The number of hydrogen-bond acceptors (Lipinski definition) is 5. The van der Waals surface area contributed by atoms with Gasteiger partial charge in [0.15, 0.2) is 0 Å². The molecule has 7 nitrogen and oxygen atoms in total. The molecular formula is C22H18N6O. The molecule has 3 heterocycles. The minimum absolute atomic E-state index is 0.0870. The van der Waals surface area contributed by atoms with E-state index in [0.717, 1.165) is 44.6 Å². The van der Waals surface area contributed by atoms with Crippen LogP contribution in [-0.4, -0.2) is 43.5 Å². The SMILES string of the molecule is Cc1nccc(-c2ccc(-c3ccc4c(c3)CN(C)C4=O)cc2)c1-c1nn[nH]n1. The summed E-state index contributed by atoms with van der Waals surface area (Å²) in [5.74, 6) is 0.617. The van der Waals surface area contributed by atoms with Crippen LogP contribution < -0.4 is 0 Å². The number of aromatic amines is 1. The lowest BCUT2D eigenvalue weighted by atomic mass is 9.95. The molecule has 0 fully saturated rings.